The Morgan fingerprint density at radius 2 is 2.21 bits per heavy atom. The Hall–Kier alpha value is -1.51. The Morgan fingerprint density at radius 3 is 3.00 bits per heavy atom. The van der Waals surface area contributed by atoms with Crippen LogP contribution in [0, 0.1) is 0 Å². The highest BCUT2D eigenvalue weighted by molar-refractivity contribution is 7.13. The summed E-state index contributed by atoms with van der Waals surface area (Å²) < 4.78 is 2.02. The van der Waals surface area contributed by atoms with E-state index < -0.39 is 0 Å². The number of amides is 1. The zero-order valence-corrected chi connectivity index (χ0v) is 11.7. The van der Waals surface area contributed by atoms with Crippen molar-refractivity contribution in [2.75, 3.05) is 11.9 Å². The van der Waals surface area contributed by atoms with Gasteiger partial charge >= 0.3 is 0 Å². The van der Waals surface area contributed by atoms with Crippen molar-refractivity contribution in [3.05, 3.63) is 36.5 Å². The Kier molecular flexibility index (Phi) is 3.45. The number of benzene rings is 1. The highest BCUT2D eigenvalue weighted by Crippen LogP contribution is 2.25. The lowest BCUT2D eigenvalue weighted by molar-refractivity contribution is -0.119. The minimum absolute atomic E-state index is 0.0469. The highest BCUT2D eigenvalue weighted by Gasteiger charge is 2.28. The van der Waals surface area contributed by atoms with Crippen LogP contribution >= 0.6 is 9.39 Å². The molecule has 1 aromatic heterocycles. The molecule has 1 aromatic carbocycles. The van der Waals surface area contributed by atoms with E-state index in [0.29, 0.717) is 0 Å². The monoisotopic (exact) mass is 273 g/mol. The molecule has 1 unspecified atom stereocenters. The van der Waals surface area contributed by atoms with Gasteiger partial charge < -0.3 is 5.32 Å². The molecular weight excluding hydrogens is 257 g/mol. The summed E-state index contributed by atoms with van der Waals surface area (Å²) in [6.45, 7) is 0.955. The van der Waals surface area contributed by atoms with Crippen LogP contribution in [0.3, 0.4) is 0 Å². The molecule has 0 aliphatic carbocycles. The van der Waals surface area contributed by atoms with Crippen LogP contribution in [0.25, 0.3) is 10.9 Å². The molecule has 0 radical (unpaired) electrons. The number of rotatable bonds is 2. The summed E-state index contributed by atoms with van der Waals surface area (Å²) in [5.74, 6) is 0.0469. The molecule has 0 spiro atoms. The van der Waals surface area contributed by atoms with Crippen LogP contribution in [0.5, 0.6) is 0 Å². The molecule has 1 aliphatic heterocycles. The molecule has 2 atom stereocenters. The Bertz CT molecular complexity index is 611. The standard InChI is InChI=1S/C14H16N3OP/c18-14(12-7-3-9-17(12)19)16-11-6-1-4-10-5-2-8-15-13(10)11/h1-2,4-6,8,12H,3,7,9,19H2,(H,16,18)/t12-/m0/s1. The second-order valence-corrected chi connectivity index (χ2v) is 5.43. The zero-order valence-electron chi connectivity index (χ0n) is 10.5. The maximum absolute atomic E-state index is 12.3. The third kappa shape index (κ3) is 2.46. The van der Waals surface area contributed by atoms with Crippen LogP contribution < -0.4 is 5.32 Å². The van der Waals surface area contributed by atoms with Crippen LogP contribution in [-0.2, 0) is 4.79 Å². The van der Waals surface area contributed by atoms with Crippen molar-refractivity contribution < 1.29 is 4.79 Å². The number of nitrogens with zero attached hydrogens (tertiary/aromatic N) is 2. The number of para-hydroxylation sites is 1. The molecule has 1 amide bonds. The van der Waals surface area contributed by atoms with Crippen LogP contribution in [0.2, 0.25) is 0 Å². The van der Waals surface area contributed by atoms with Gasteiger partial charge in [0, 0.05) is 18.1 Å². The average molecular weight is 273 g/mol. The quantitative estimate of drug-likeness (QED) is 0.855. The topological polar surface area (TPSA) is 45.2 Å². The SMILES string of the molecule is O=C(Nc1cccc2cccnc12)[C@@H]1CCCN1P. The summed E-state index contributed by atoms with van der Waals surface area (Å²) in [6.07, 6.45) is 3.72. The van der Waals surface area contributed by atoms with E-state index in [0.717, 1.165) is 36.0 Å². The fourth-order valence-corrected chi connectivity index (χ4v) is 2.96. The predicted octanol–water partition coefficient (Wildman–Crippen LogP) is 2.43. The van der Waals surface area contributed by atoms with Gasteiger partial charge in [-0.3, -0.25) is 14.4 Å². The fraction of sp³-hybridized carbons (Fsp3) is 0.286. The molecule has 1 fully saturated rings. The molecule has 3 rings (SSSR count). The second kappa shape index (κ2) is 5.24. The van der Waals surface area contributed by atoms with Crippen molar-refractivity contribution in [3.8, 4) is 0 Å². The van der Waals surface area contributed by atoms with Crippen LogP contribution in [0.1, 0.15) is 12.8 Å². The normalized spacial score (nSPS) is 19.7. The number of carbonyl (C=O) groups is 1. The van der Waals surface area contributed by atoms with E-state index in [1.54, 1.807) is 6.20 Å². The largest absolute Gasteiger partial charge is 0.323 e. The Labute approximate surface area is 114 Å². The second-order valence-electron chi connectivity index (χ2n) is 4.77. The van der Waals surface area contributed by atoms with Crippen LogP contribution in [-0.4, -0.2) is 28.1 Å². The third-order valence-corrected chi connectivity index (χ3v) is 4.11. The van der Waals surface area contributed by atoms with Gasteiger partial charge in [-0.05, 0) is 25.0 Å². The van der Waals surface area contributed by atoms with Gasteiger partial charge in [-0.15, -0.1) is 0 Å². The molecule has 0 bridgehead atoms. The molecule has 1 aliphatic rings. The maximum atomic E-state index is 12.3. The average Bonchev–Trinajstić information content (AvgIpc) is 2.85. The molecule has 2 aromatic rings. The Balaban J connectivity index is 1.87. The molecule has 5 heteroatoms. The van der Waals surface area contributed by atoms with Crippen molar-refractivity contribution in [3.63, 3.8) is 0 Å². The van der Waals surface area contributed by atoms with Crippen molar-refractivity contribution in [2.24, 2.45) is 0 Å². The minimum atomic E-state index is -0.0519. The third-order valence-electron chi connectivity index (χ3n) is 3.49. The molecule has 19 heavy (non-hydrogen) atoms. The molecular formula is C14H16N3OP. The number of nitrogens with one attached hydrogen (secondary N) is 1. The summed E-state index contributed by atoms with van der Waals surface area (Å²) in [5, 5.41) is 4.04. The van der Waals surface area contributed by atoms with E-state index in [2.05, 4.69) is 19.7 Å². The lowest BCUT2D eigenvalue weighted by atomic mass is 10.1. The lowest BCUT2D eigenvalue weighted by Gasteiger charge is -2.18. The highest BCUT2D eigenvalue weighted by atomic mass is 31.0. The number of carbonyl (C=O) groups excluding carboxylic acids is 1. The molecule has 1 saturated heterocycles. The van der Waals surface area contributed by atoms with Gasteiger partial charge in [-0.2, -0.15) is 0 Å². The number of anilines is 1. The van der Waals surface area contributed by atoms with E-state index in [9.17, 15) is 4.79 Å². The summed E-state index contributed by atoms with van der Waals surface area (Å²) in [6, 6.07) is 9.67. The maximum Gasteiger partial charge on any atom is 0.242 e. The molecule has 2 heterocycles. The van der Waals surface area contributed by atoms with Crippen LogP contribution in [0.15, 0.2) is 36.5 Å². The predicted molar refractivity (Wildman–Crippen MR) is 79.8 cm³/mol. The summed E-state index contributed by atoms with van der Waals surface area (Å²) in [5.41, 5.74) is 1.63. The first-order chi connectivity index (χ1) is 9.25. The number of pyridine rings is 1. The van der Waals surface area contributed by atoms with E-state index in [-0.39, 0.29) is 11.9 Å². The van der Waals surface area contributed by atoms with Crippen molar-refractivity contribution in [2.45, 2.75) is 18.9 Å². The summed E-state index contributed by atoms with van der Waals surface area (Å²) >= 11 is 0. The zero-order chi connectivity index (χ0) is 13.2. The fourth-order valence-electron chi connectivity index (χ4n) is 2.49. The first-order valence-electron chi connectivity index (χ1n) is 6.41. The molecule has 0 saturated carbocycles. The Morgan fingerprint density at radius 1 is 1.37 bits per heavy atom. The lowest BCUT2D eigenvalue weighted by Crippen LogP contribution is -2.34. The van der Waals surface area contributed by atoms with Crippen molar-refractivity contribution in [1.82, 2.24) is 9.65 Å². The number of hydrogen-bond donors (Lipinski definition) is 1. The van der Waals surface area contributed by atoms with Gasteiger partial charge in [0.25, 0.3) is 0 Å². The van der Waals surface area contributed by atoms with E-state index in [4.69, 9.17) is 0 Å². The van der Waals surface area contributed by atoms with Gasteiger partial charge in [-0.25, -0.2) is 0 Å². The number of hydrogen-bond acceptors (Lipinski definition) is 3. The van der Waals surface area contributed by atoms with Crippen molar-refractivity contribution in [1.29, 1.82) is 0 Å². The number of aromatic nitrogens is 1. The van der Waals surface area contributed by atoms with Crippen molar-refractivity contribution >= 4 is 31.9 Å². The minimum Gasteiger partial charge on any atom is -0.323 e. The van der Waals surface area contributed by atoms with E-state index in [1.807, 2.05) is 35.0 Å². The van der Waals surface area contributed by atoms with Crippen LogP contribution in [0.4, 0.5) is 5.69 Å². The van der Waals surface area contributed by atoms with E-state index in [1.165, 1.54) is 0 Å². The van der Waals surface area contributed by atoms with Gasteiger partial charge in [-0.1, -0.05) is 27.6 Å². The molecule has 4 nitrogen and oxygen atoms in total. The summed E-state index contributed by atoms with van der Waals surface area (Å²) in [4.78, 5) is 16.6. The molecule has 98 valence electrons. The van der Waals surface area contributed by atoms with Gasteiger partial charge in [0.1, 0.15) is 0 Å². The molecule has 1 N–H and O–H groups in total. The number of fused-ring (bicyclic) bond motifs is 1. The smallest absolute Gasteiger partial charge is 0.242 e. The van der Waals surface area contributed by atoms with E-state index >= 15 is 0 Å². The van der Waals surface area contributed by atoms with Gasteiger partial charge in [0.2, 0.25) is 5.91 Å². The van der Waals surface area contributed by atoms with Gasteiger partial charge in [0.15, 0.2) is 0 Å². The van der Waals surface area contributed by atoms with Gasteiger partial charge in [0.05, 0.1) is 17.2 Å². The summed E-state index contributed by atoms with van der Waals surface area (Å²) in [7, 11) is 2.63. The first-order valence-corrected chi connectivity index (χ1v) is 6.93. The first kappa shape index (κ1) is 12.5.